The van der Waals surface area contributed by atoms with Gasteiger partial charge in [0.15, 0.2) is 0 Å². The van der Waals surface area contributed by atoms with Crippen LogP contribution in [0.25, 0.3) is 0 Å². The number of carboxylic acids is 1. The molecule has 14 heavy (non-hydrogen) atoms. The molecule has 0 aromatic heterocycles. The van der Waals surface area contributed by atoms with Crippen LogP contribution in [0.5, 0.6) is 0 Å². The topological polar surface area (TPSA) is 52.6 Å². The second-order valence-corrected chi connectivity index (χ2v) is 3.78. The third-order valence-corrected chi connectivity index (χ3v) is 2.66. The van der Waals surface area contributed by atoms with Crippen molar-refractivity contribution in [2.75, 3.05) is 26.2 Å². The Hall–Kier alpha value is -0.610. The summed E-state index contributed by atoms with van der Waals surface area (Å²) in [7, 11) is 0. The lowest BCUT2D eigenvalue weighted by Gasteiger charge is -2.26. The van der Waals surface area contributed by atoms with Crippen molar-refractivity contribution in [3.8, 4) is 0 Å². The normalized spacial score (nSPS) is 21.5. The molecule has 4 nitrogen and oxygen atoms in total. The summed E-state index contributed by atoms with van der Waals surface area (Å²) in [6, 6.07) is -0.278. The van der Waals surface area contributed by atoms with E-state index in [1.165, 1.54) is 0 Å². The summed E-state index contributed by atoms with van der Waals surface area (Å²) in [5, 5.41) is 12.4. The summed E-state index contributed by atoms with van der Waals surface area (Å²) < 4.78 is 0. The van der Waals surface area contributed by atoms with Crippen LogP contribution in [0.3, 0.4) is 0 Å². The molecule has 0 bridgehead atoms. The van der Waals surface area contributed by atoms with Crippen molar-refractivity contribution in [3.05, 3.63) is 0 Å². The van der Waals surface area contributed by atoms with Crippen LogP contribution in [0.15, 0.2) is 0 Å². The Balaban J connectivity index is 2.51. The summed E-state index contributed by atoms with van der Waals surface area (Å²) >= 11 is 0. The molecule has 1 fully saturated rings. The van der Waals surface area contributed by atoms with Crippen LogP contribution in [0.2, 0.25) is 0 Å². The van der Waals surface area contributed by atoms with E-state index in [1.54, 1.807) is 0 Å². The maximum Gasteiger partial charge on any atom is 0.320 e. The standard InChI is InChI=1S/C10H20N2O2/c1-2-4-9(10(13)14)12-7-3-5-11-6-8-12/h9,11H,2-8H2,1H3,(H,13,14). The zero-order valence-corrected chi connectivity index (χ0v) is 8.83. The van der Waals surface area contributed by atoms with Gasteiger partial charge in [-0.05, 0) is 19.4 Å². The van der Waals surface area contributed by atoms with Gasteiger partial charge < -0.3 is 10.4 Å². The first-order valence-corrected chi connectivity index (χ1v) is 5.43. The Bertz CT molecular complexity index is 177. The molecule has 0 aromatic rings. The Morgan fingerprint density at radius 2 is 2.29 bits per heavy atom. The van der Waals surface area contributed by atoms with Gasteiger partial charge >= 0.3 is 5.97 Å². The molecular weight excluding hydrogens is 180 g/mol. The Morgan fingerprint density at radius 3 is 2.93 bits per heavy atom. The molecule has 1 aliphatic rings. The summed E-state index contributed by atoms with van der Waals surface area (Å²) in [6.07, 6.45) is 2.74. The van der Waals surface area contributed by atoms with Gasteiger partial charge in [-0.2, -0.15) is 0 Å². The second kappa shape index (κ2) is 5.98. The highest BCUT2D eigenvalue weighted by molar-refractivity contribution is 5.73. The smallest absolute Gasteiger partial charge is 0.320 e. The first-order chi connectivity index (χ1) is 6.75. The van der Waals surface area contributed by atoms with Crippen molar-refractivity contribution in [2.45, 2.75) is 32.2 Å². The largest absolute Gasteiger partial charge is 0.480 e. The third-order valence-electron chi connectivity index (χ3n) is 2.66. The molecule has 1 rings (SSSR count). The van der Waals surface area contributed by atoms with Gasteiger partial charge in [-0.25, -0.2) is 0 Å². The molecule has 0 saturated carbocycles. The lowest BCUT2D eigenvalue weighted by atomic mass is 10.1. The monoisotopic (exact) mass is 200 g/mol. The molecule has 0 aromatic carbocycles. The van der Waals surface area contributed by atoms with E-state index in [1.807, 2.05) is 6.92 Å². The third kappa shape index (κ3) is 3.27. The van der Waals surface area contributed by atoms with Crippen LogP contribution >= 0.6 is 0 Å². The molecule has 0 radical (unpaired) electrons. The zero-order valence-electron chi connectivity index (χ0n) is 8.83. The van der Waals surface area contributed by atoms with E-state index in [0.717, 1.165) is 45.4 Å². The van der Waals surface area contributed by atoms with E-state index in [0.29, 0.717) is 0 Å². The minimum absolute atomic E-state index is 0.278. The molecule has 1 aliphatic heterocycles. The molecule has 1 saturated heterocycles. The van der Waals surface area contributed by atoms with Gasteiger partial charge in [0.05, 0.1) is 0 Å². The molecule has 1 atom stereocenters. The molecule has 0 amide bonds. The average Bonchev–Trinajstić information content (AvgIpc) is 2.41. The summed E-state index contributed by atoms with van der Waals surface area (Å²) in [4.78, 5) is 13.1. The number of carbonyl (C=O) groups is 1. The predicted octanol–water partition coefficient (Wildman–Crippen LogP) is 0.535. The van der Waals surface area contributed by atoms with Crippen molar-refractivity contribution in [1.29, 1.82) is 0 Å². The number of carboxylic acid groups (broad SMARTS) is 1. The molecule has 0 spiro atoms. The minimum atomic E-state index is -0.672. The maximum absolute atomic E-state index is 11.0. The van der Waals surface area contributed by atoms with Crippen LogP contribution in [0, 0.1) is 0 Å². The van der Waals surface area contributed by atoms with Crippen LogP contribution in [-0.2, 0) is 4.79 Å². The van der Waals surface area contributed by atoms with E-state index >= 15 is 0 Å². The van der Waals surface area contributed by atoms with E-state index < -0.39 is 5.97 Å². The van der Waals surface area contributed by atoms with Gasteiger partial charge in [-0.3, -0.25) is 9.69 Å². The molecule has 1 unspecified atom stereocenters. The lowest BCUT2D eigenvalue weighted by molar-refractivity contribution is -0.143. The van der Waals surface area contributed by atoms with Crippen molar-refractivity contribution >= 4 is 5.97 Å². The Kier molecular flexibility index (Phi) is 4.90. The molecule has 1 heterocycles. The van der Waals surface area contributed by atoms with Gasteiger partial charge in [0.2, 0.25) is 0 Å². The number of hydrogen-bond acceptors (Lipinski definition) is 3. The molecular formula is C10H20N2O2. The van der Waals surface area contributed by atoms with Crippen LogP contribution in [0.4, 0.5) is 0 Å². The Morgan fingerprint density at radius 1 is 1.50 bits per heavy atom. The van der Waals surface area contributed by atoms with Crippen LogP contribution in [-0.4, -0.2) is 48.2 Å². The molecule has 4 heteroatoms. The van der Waals surface area contributed by atoms with Crippen molar-refractivity contribution in [1.82, 2.24) is 10.2 Å². The second-order valence-electron chi connectivity index (χ2n) is 3.78. The van der Waals surface area contributed by atoms with Crippen molar-refractivity contribution < 1.29 is 9.90 Å². The molecule has 82 valence electrons. The quantitative estimate of drug-likeness (QED) is 0.695. The van der Waals surface area contributed by atoms with E-state index in [9.17, 15) is 4.79 Å². The number of nitrogens with one attached hydrogen (secondary N) is 1. The summed E-state index contributed by atoms with van der Waals surface area (Å²) in [5.41, 5.74) is 0. The fourth-order valence-corrected chi connectivity index (χ4v) is 1.91. The van der Waals surface area contributed by atoms with Gasteiger partial charge in [0.25, 0.3) is 0 Å². The first kappa shape index (κ1) is 11.5. The lowest BCUT2D eigenvalue weighted by Crippen LogP contribution is -2.42. The SMILES string of the molecule is CCCC(C(=O)O)N1CCCNCC1. The number of hydrogen-bond donors (Lipinski definition) is 2. The van der Waals surface area contributed by atoms with Gasteiger partial charge in [0.1, 0.15) is 6.04 Å². The predicted molar refractivity (Wildman–Crippen MR) is 55.4 cm³/mol. The fourth-order valence-electron chi connectivity index (χ4n) is 1.91. The number of rotatable bonds is 4. The van der Waals surface area contributed by atoms with Crippen molar-refractivity contribution in [2.24, 2.45) is 0 Å². The highest BCUT2D eigenvalue weighted by Crippen LogP contribution is 2.09. The van der Waals surface area contributed by atoms with Crippen molar-refractivity contribution in [3.63, 3.8) is 0 Å². The van der Waals surface area contributed by atoms with Crippen LogP contribution in [0.1, 0.15) is 26.2 Å². The molecule has 2 N–H and O–H groups in total. The summed E-state index contributed by atoms with van der Waals surface area (Å²) in [5.74, 6) is -0.672. The van der Waals surface area contributed by atoms with Crippen LogP contribution < -0.4 is 5.32 Å². The number of nitrogens with zero attached hydrogens (tertiary/aromatic N) is 1. The van der Waals surface area contributed by atoms with Gasteiger partial charge in [-0.1, -0.05) is 13.3 Å². The molecule has 0 aliphatic carbocycles. The summed E-state index contributed by atoms with van der Waals surface area (Å²) in [6.45, 7) is 5.72. The Labute approximate surface area is 85.3 Å². The minimum Gasteiger partial charge on any atom is -0.480 e. The van der Waals surface area contributed by atoms with E-state index in [2.05, 4.69) is 10.2 Å². The first-order valence-electron chi connectivity index (χ1n) is 5.43. The zero-order chi connectivity index (χ0) is 10.4. The van der Waals surface area contributed by atoms with E-state index in [-0.39, 0.29) is 6.04 Å². The number of aliphatic carboxylic acids is 1. The highest BCUT2D eigenvalue weighted by Gasteiger charge is 2.24. The maximum atomic E-state index is 11.0. The average molecular weight is 200 g/mol. The van der Waals surface area contributed by atoms with Gasteiger partial charge in [-0.15, -0.1) is 0 Å². The highest BCUT2D eigenvalue weighted by atomic mass is 16.4. The fraction of sp³-hybridized carbons (Fsp3) is 0.900. The van der Waals surface area contributed by atoms with E-state index in [4.69, 9.17) is 5.11 Å². The van der Waals surface area contributed by atoms with Gasteiger partial charge in [0, 0.05) is 19.6 Å².